The molecule has 1 saturated heterocycles. The average molecular weight is 112 g/mol. The van der Waals surface area contributed by atoms with Crippen LogP contribution in [0.5, 0.6) is 0 Å². The standard InChI is InChI=1S/C5H8N2O/c6-5-2-1-3-7(5)4-8/h4,6H,1-3H2. The van der Waals surface area contributed by atoms with Gasteiger partial charge in [0.2, 0.25) is 6.41 Å². The zero-order chi connectivity index (χ0) is 5.98. The van der Waals surface area contributed by atoms with Crippen LogP contribution in [-0.2, 0) is 4.79 Å². The minimum atomic E-state index is 0.458. The number of hydrogen-bond donors (Lipinski definition) is 1. The van der Waals surface area contributed by atoms with Gasteiger partial charge in [-0.25, -0.2) is 0 Å². The SMILES string of the molecule is N=C1CCCN1C=O. The van der Waals surface area contributed by atoms with Crippen LogP contribution >= 0.6 is 0 Å². The molecular weight excluding hydrogens is 104 g/mol. The Bertz CT molecular complexity index is 122. The van der Waals surface area contributed by atoms with E-state index in [1.165, 1.54) is 4.90 Å². The number of rotatable bonds is 1. The summed E-state index contributed by atoms with van der Waals surface area (Å²) < 4.78 is 0. The fourth-order valence-corrected chi connectivity index (χ4v) is 0.812. The molecule has 1 aliphatic rings. The van der Waals surface area contributed by atoms with Crippen molar-refractivity contribution in [3.63, 3.8) is 0 Å². The van der Waals surface area contributed by atoms with Gasteiger partial charge in [-0.3, -0.25) is 10.2 Å². The maximum atomic E-state index is 10.0. The van der Waals surface area contributed by atoms with Gasteiger partial charge in [-0.05, 0) is 6.42 Å². The van der Waals surface area contributed by atoms with Crippen LogP contribution in [0.1, 0.15) is 12.8 Å². The fourth-order valence-electron chi connectivity index (χ4n) is 0.812. The smallest absolute Gasteiger partial charge is 0.215 e. The Morgan fingerprint density at radius 2 is 2.50 bits per heavy atom. The molecular formula is C5H8N2O. The van der Waals surface area contributed by atoms with Crippen molar-refractivity contribution in [3.8, 4) is 0 Å². The molecule has 0 unspecified atom stereocenters. The van der Waals surface area contributed by atoms with Crippen LogP contribution < -0.4 is 0 Å². The van der Waals surface area contributed by atoms with Gasteiger partial charge in [-0.15, -0.1) is 0 Å². The summed E-state index contributed by atoms with van der Waals surface area (Å²) in [4.78, 5) is 11.4. The average Bonchev–Trinajstić information content (AvgIpc) is 2.14. The van der Waals surface area contributed by atoms with Gasteiger partial charge in [0.15, 0.2) is 0 Å². The highest BCUT2D eigenvalue weighted by atomic mass is 16.1. The van der Waals surface area contributed by atoms with Crippen molar-refractivity contribution in [2.24, 2.45) is 0 Å². The zero-order valence-electron chi connectivity index (χ0n) is 4.55. The summed E-state index contributed by atoms with van der Waals surface area (Å²) in [5, 5.41) is 7.10. The van der Waals surface area contributed by atoms with E-state index in [0.717, 1.165) is 25.8 Å². The molecule has 1 amide bonds. The summed E-state index contributed by atoms with van der Waals surface area (Å²) in [7, 11) is 0. The highest BCUT2D eigenvalue weighted by Crippen LogP contribution is 2.05. The Balaban J connectivity index is 2.54. The van der Waals surface area contributed by atoms with E-state index >= 15 is 0 Å². The van der Waals surface area contributed by atoms with E-state index in [-0.39, 0.29) is 0 Å². The third-order valence-corrected chi connectivity index (χ3v) is 1.29. The highest BCUT2D eigenvalue weighted by Gasteiger charge is 2.14. The van der Waals surface area contributed by atoms with Gasteiger partial charge >= 0.3 is 0 Å². The van der Waals surface area contributed by atoms with Crippen LogP contribution in [-0.4, -0.2) is 23.7 Å². The number of likely N-dealkylation sites (tertiary alicyclic amines) is 1. The number of carbonyl (C=O) groups is 1. The molecule has 0 atom stereocenters. The lowest BCUT2D eigenvalue weighted by Crippen LogP contribution is -2.21. The first-order valence-corrected chi connectivity index (χ1v) is 2.64. The monoisotopic (exact) mass is 112 g/mol. The third-order valence-electron chi connectivity index (χ3n) is 1.29. The van der Waals surface area contributed by atoms with E-state index in [1.54, 1.807) is 0 Å². The molecule has 0 aromatic rings. The van der Waals surface area contributed by atoms with E-state index in [0.29, 0.717) is 5.84 Å². The van der Waals surface area contributed by atoms with Gasteiger partial charge in [-0.2, -0.15) is 0 Å². The Morgan fingerprint density at radius 3 is 2.75 bits per heavy atom. The molecule has 0 aromatic carbocycles. The van der Waals surface area contributed by atoms with Crippen molar-refractivity contribution in [3.05, 3.63) is 0 Å². The predicted molar refractivity (Wildman–Crippen MR) is 29.7 cm³/mol. The number of amidine groups is 1. The maximum Gasteiger partial charge on any atom is 0.215 e. The number of nitrogens with one attached hydrogen (secondary N) is 1. The lowest BCUT2D eigenvalue weighted by Gasteiger charge is -2.04. The molecule has 1 aliphatic heterocycles. The molecule has 0 radical (unpaired) electrons. The molecule has 8 heavy (non-hydrogen) atoms. The molecule has 0 saturated carbocycles. The fraction of sp³-hybridized carbons (Fsp3) is 0.600. The molecule has 1 heterocycles. The quantitative estimate of drug-likeness (QED) is 0.484. The van der Waals surface area contributed by atoms with Gasteiger partial charge in [0, 0.05) is 13.0 Å². The van der Waals surface area contributed by atoms with Crippen LogP contribution in [0.4, 0.5) is 0 Å². The third kappa shape index (κ3) is 0.710. The first-order valence-electron chi connectivity index (χ1n) is 2.64. The molecule has 0 aromatic heterocycles. The second kappa shape index (κ2) is 1.94. The normalized spacial score (nSPS) is 19.5. The Kier molecular flexibility index (Phi) is 1.28. The summed E-state index contributed by atoms with van der Waals surface area (Å²) in [5.74, 6) is 0.458. The first kappa shape index (κ1) is 5.28. The number of hydrogen-bond acceptors (Lipinski definition) is 2. The second-order valence-electron chi connectivity index (χ2n) is 1.85. The minimum absolute atomic E-state index is 0.458. The van der Waals surface area contributed by atoms with Crippen molar-refractivity contribution >= 4 is 12.2 Å². The summed E-state index contributed by atoms with van der Waals surface area (Å²) >= 11 is 0. The number of amides is 1. The van der Waals surface area contributed by atoms with Crippen LogP contribution in [0.15, 0.2) is 0 Å². The number of nitrogens with zero attached hydrogens (tertiary/aromatic N) is 1. The Morgan fingerprint density at radius 1 is 1.75 bits per heavy atom. The van der Waals surface area contributed by atoms with E-state index < -0.39 is 0 Å². The van der Waals surface area contributed by atoms with E-state index in [9.17, 15) is 4.79 Å². The molecule has 3 heteroatoms. The van der Waals surface area contributed by atoms with E-state index in [4.69, 9.17) is 5.41 Å². The Hall–Kier alpha value is -0.860. The summed E-state index contributed by atoms with van der Waals surface area (Å²) in [6, 6.07) is 0. The van der Waals surface area contributed by atoms with Crippen LogP contribution in [0.2, 0.25) is 0 Å². The summed E-state index contributed by atoms with van der Waals surface area (Å²) in [5.41, 5.74) is 0. The molecule has 0 bridgehead atoms. The van der Waals surface area contributed by atoms with Crippen molar-refractivity contribution in [1.29, 1.82) is 5.41 Å². The molecule has 1 N–H and O–H groups in total. The van der Waals surface area contributed by atoms with Gasteiger partial charge < -0.3 is 4.90 Å². The lowest BCUT2D eigenvalue weighted by molar-refractivity contribution is -0.114. The largest absolute Gasteiger partial charge is 0.303 e. The van der Waals surface area contributed by atoms with Gasteiger partial charge in [-0.1, -0.05) is 0 Å². The van der Waals surface area contributed by atoms with Gasteiger partial charge in [0.1, 0.15) is 5.84 Å². The first-order chi connectivity index (χ1) is 3.84. The van der Waals surface area contributed by atoms with Gasteiger partial charge in [0.25, 0.3) is 0 Å². The number of carbonyl (C=O) groups excluding carboxylic acids is 1. The Labute approximate surface area is 47.8 Å². The van der Waals surface area contributed by atoms with Crippen molar-refractivity contribution in [1.82, 2.24) is 4.90 Å². The molecule has 44 valence electrons. The summed E-state index contributed by atoms with van der Waals surface area (Å²) in [6.07, 6.45) is 2.44. The molecule has 1 fully saturated rings. The van der Waals surface area contributed by atoms with Crippen molar-refractivity contribution in [2.75, 3.05) is 6.54 Å². The van der Waals surface area contributed by atoms with Crippen molar-refractivity contribution in [2.45, 2.75) is 12.8 Å². The van der Waals surface area contributed by atoms with Crippen LogP contribution in [0, 0.1) is 5.41 Å². The van der Waals surface area contributed by atoms with Crippen LogP contribution in [0.25, 0.3) is 0 Å². The zero-order valence-corrected chi connectivity index (χ0v) is 4.55. The maximum absolute atomic E-state index is 10.0. The molecule has 0 spiro atoms. The van der Waals surface area contributed by atoms with Gasteiger partial charge in [0.05, 0.1) is 0 Å². The highest BCUT2D eigenvalue weighted by molar-refractivity contribution is 5.89. The molecule has 1 rings (SSSR count). The second-order valence-corrected chi connectivity index (χ2v) is 1.85. The van der Waals surface area contributed by atoms with E-state index in [1.807, 2.05) is 0 Å². The molecule has 3 nitrogen and oxygen atoms in total. The lowest BCUT2D eigenvalue weighted by atomic mass is 10.4. The van der Waals surface area contributed by atoms with Crippen LogP contribution in [0.3, 0.4) is 0 Å². The molecule has 0 aliphatic carbocycles. The predicted octanol–water partition coefficient (Wildman–Crippen LogP) is 0.216. The van der Waals surface area contributed by atoms with E-state index in [2.05, 4.69) is 0 Å². The minimum Gasteiger partial charge on any atom is -0.303 e. The topological polar surface area (TPSA) is 44.2 Å². The summed E-state index contributed by atoms with van der Waals surface area (Å²) in [6.45, 7) is 0.738. The van der Waals surface area contributed by atoms with Crippen molar-refractivity contribution < 1.29 is 4.79 Å².